The molecule has 0 unspecified atom stereocenters. The van der Waals surface area contributed by atoms with Gasteiger partial charge in [-0.3, -0.25) is 10.1 Å². The van der Waals surface area contributed by atoms with Crippen molar-refractivity contribution >= 4 is 11.7 Å². The SMILES string of the molecule is COC(=O)C#Cc1cc(F)cc([N+](=O)[O-])c1. The van der Waals surface area contributed by atoms with Crippen LogP contribution in [-0.2, 0) is 9.53 Å². The summed E-state index contributed by atoms with van der Waals surface area (Å²) in [5, 5.41) is 10.4. The molecule has 0 aliphatic heterocycles. The molecule has 1 aromatic carbocycles. The zero-order valence-corrected chi connectivity index (χ0v) is 8.19. The van der Waals surface area contributed by atoms with E-state index in [1.54, 1.807) is 0 Å². The second-order valence-corrected chi connectivity index (χ2v) is 2.70. The average molecular weight is 223 g/mol. The lowest BCUT2D eigenvalue weighted by Crippen LogP contribution is -1.95. The van der Waals surface area contributed by atoms with Gasteiger partial charge >= 0.3 is 5.97 Å². The Morgan fingerprint density at radius 3 is 2.75 bits per heavy atom. The van der Waals surface area contributed by atoms with Crippen LogP contribution in [0.15, 0.2) is 18.2 Å². The van der Waals surface area contributed by atoms with Crippen LogP contribution in [0, 0.1) is 27.8 Å². The van der Waals surface area contributed by atoms with Gasteiger partial charge in [-0.2, -0.15) is 0 Å². The van der Waals surface area contributed by atoms with Crippen LogP contribution in [0.5, 0.6) is 0 Å². The van der Waals surface area contributed by atoms with Crippen LogP contribution in [0.2, 0.25) is 0 Å². The van der Waals surface area contributed by atoms with Crippen LogP contribution in [0.25, 0.3) is 0 Å². The van der Waals surface area contributed by atoms with Crippen molar-refractivity contribution in [2.75, 3.05) is 7.11 Å². The van der Waals surface area contributed by atoms with Crippen LogP contribution < -0.4 is 0 Å². The molecular formula is C10H6FNO4. The average Bonchev–Trinajstić information content (AvgIpc) is 2.25. The Morgan fingerprint density at radius 2 is 2.19 bits per heavy atom. The van der Waals surface area contributed by atoms with Gasteiger partial charge in [0, 0.05) is 17.6 Å². The molecule has 0 aliphatic carbocycles. The predicted octanol–water partition coefficient (Wildman–Crippen LogP) is 1.26. The summed E-state index contributed by atoms with van der Waals surface area (Å²) in [7, 11) is 1.14. The minimum atomic E-state index is -0.799. The van der Waals surface area contributed by atoms with Crippen molar-refractivity contribution in [3.05, 3.63) is 39.7 Å². The van der Waals surface area contributed by atoms with Crippen LogP contribution in [0.4, 0.5) is 10.1 Å². The third-order valence-corrected chi connectivity index (χ3v) is 1.59. The molecule has 0 heterocycles. The molecule has 0 saturated carbocycles. The molecule has 16 heavy (non-hydrogen) atoms. The summed E-state index contributed by atoms with van der Waals surface area (Å²) in [6.45, 7) is 0. The number of hydrogen-bond donors (Lipinski definition) is 0. The molecule has 0 atom stereocenters. The zero-order valence-electron chi connectivity index (χ0n) is 8.19. The Balaban J connectivity index is 3.09. The first-order chi connectivity index (χ1) is 7.52. The lowest BCUT2D eigenvalue weighted by atomic mass is 10.2. The first-order valence-electron chi connectivity index (χ1n) is 4.08. The van der Waals surface area contributed by atoms with Crippen LogP contribution in [-0.4, -0.2) is 18.0 Å². The number of nitrogens with zero attached hydrogens (tertiary/aromatic N) is 1. The smallest absolute Gasteiger partial charge is 0.384 e. The molecule has 0 aromatic heterocycles. The monoisotopic (exact) mass is 223 g/mol. The Hall–Kier alpha value is -2.42. The maximum Gasteiger partial charge on any atom is 0.384 e. The summed E-state index contributed by atoms with van der Waals surface area (Å²) < 4.78 is 17.1. The fourth-order valence-corrected chi connectivity index (χ4v) is 0.926. The van der Waals surface area contributed by atoms with E-state index >= 15 is 0 Å². The van der Waals surface area contributed by atoms with Gasteiger partial charge in [0.15, 0.2) is 0 Å². The van der Waals surface area contributed by atoms with Gasteiger partial charge in [-0.05, 0) is 6.07 Å². The van der Waals surface area contributed by atoms with Crippen molar-refractivity contribution < 1.29 is 18.8 Å². The quantitative estimate of drug-likeness (QED) is 0.311. The standard InChI is InChI=1S/C10H6FNO4/c1-16-10(13)3-2-7-4-8(11)6-9(5-7)12(14)15/h4-6H,1H3. The second kappa shape index (κ2) is 4.89. The maximum absolute atomic E-state index is 12.9. The molecule has 1 aromatic rings. The van der Waals surface area contributed by atoms with Crippen LogP contribution in [0.1, 0.15) is 5.56 Å². The number of esters is 1. The molecule has 0 spiro atoms. The van der Waals surface area contributed by atoms with Crippen molar-refractivity contribution in [3.63, 3.8) is 0 Å². The number of carbonyl (C=O) groups is 1. The lowest BCUT2D eigenvalue weighted by Gasteiger charge is -1.93. The molecule has 82 valence electrons. The molecule has 0 radical (unpaired) electrons. The van der Waals surface area contributed by atoms with E-state index in [9.17, 15) is 19.3 Å². The van der Waals surface area contributed by atoms with Crippen molar-refractivity contribution in [3.8, 4) is 11.8 Å². The van der Waals surface area contributed by atoms with Crippen LogP contribution >= 0.6 is 0 Å². The van der Waals surface area contributed by atoms with Gasteiger partial charge in [-0.15, -0.1) is 0 Å². The summed E-state index contributed by atoms with van der Waals surface area (Å²) in [6, 6.07) is 2.82. The van der Waals surface area contributed by atoms with Gasteiger partial charge in [-0.1, -0.05) is 5.92 Å². The molecule has 0 saturated heterocycles. The van der Waals surface area contributed by atoms with E-state index in [0.29, 0.717) is 0 Å². The van der Waals surface area contributed by atoms with Gasteiger partial charge < -0.3 is 4.74 Å². The Labute approximate surface area is 90.0 Å². The van der Waals surface area contributed by atoms with Gasteiger partial charge in [0.2, 0.25) is 0 Å². The molecule has 6 heteroatoms. The van der Waals surface area contributed by atoms with E-state index in [2.05, 4.69) is 10.7 Å². The summed E-state index contributed by atoms with van der Waals surface area (Å²) in [5.74, 6) is 2.72. The molecule has 1 rings (SSSR count). The lowest BCUT2D eigenvalue weighted by molar-refractivity contribution is -0.385. The van der Waals surface area contributed by atoms with E-state index in [0.717, 1.165) is 25.3 Å². The minimum Gasteiger partial charge on any atom is -0.459 e. The van der Waals surface area contributed by atoms with Crippen LogP contribution in [0.3, 0.4) is 0 Å². The first kappa shape index (κ1) is 11.7. The number of methoxy groups -OCH3 is 1. The predicted molar refractivity (Wildman–Crippen MR) is 51.9 cm³/mol. The largest absolute Gasteiger partial charge is 0.459 e. The summed E-state index contributed by atoms with van der Waals surface area (Å²) in [6.07, 6.45) is 0. The Morgan fingerprint density at radius 1 is 1.50 bits per heavy atom. The minimum absolute atomic E-state index is 0.0390. The van der Waals surface area contributed by atoms with E-state index in [1.807, 2.05) is 5.92 Å². The number of non-ortho nitro benzene ring substituents is 1. The molecule has 0 aliphatic rings. The number of ether oxygens (including phenoxy) is 1. The Kier molecular flexibility index (Phi) is 3.56. The highest BCUT2D eigenvalue weighted by Crippen LogP contribution is 2.15. The zero-order chi connectivity index (χ0) is 12.1. The molecular weight excluding hydrogens is 217 g/mol. The fraction of sp³-hybridized carbons (Fsp3) is 0.100. The van der Waals surface area contributed by atoms with Gasteiger partial charge in [-0.25, -0.2) is 9.18 Å². The topological polar surface area (TPSA) is 69.4 Å². The highest BCUT2D eigenvalue weighted by molar-refractivity contribution is 5.89. The van der Waals surface area contributed by atoms with E-state index in [1.165, 1.54) is 0 Å². The number of benzene rings is 1. The molecule has 0 N–H and O–H groups in total. The van der Waals surface area contributed by atoms with Crippen molar-refractivity contribution in [1.29, 1.82) is 0 Å². The summed E-state index contributed by atoms with van der Waals surface area (Å²) in [5.41, 5.74) is -0.383. The fourth-order valence-electron chi connectivity index (χ4n) is 0.926. The molecule has 0 fully saturated rings. The van der Waals surface area contributed by atoms with Crippen molar-refractivity contribution in [2.45, 2.75) is 0 Å². The molecule has 0 bridgehead atoms. The summed E-state index contributed by atoms with van der Waals surface area (Å²) in [4.78, 5) is 20.3. The van der Waals surface area contributed by atoms with E-state index in [4.69, 9.17) is 0 Å². The maximum atomic E-state index is 12.9. The highest BCUT2D eigenvalue weighted by atomic mass is 19.1. The molecule has 5 nitrogen and oxygen atoms in total. The normalized spacial score (nSPS) is 8.88. The number of halogens is 1. The van der Waals surface area contributed by atoms with Gasteiger partial charge in [0.05, 0.1) is 18.1 Å². The molecule has 0 amide bonds. The van der Waals surface area contributed by atoms with Crippen molar-refractivity contribution in [1.82, 2.24) is 0 Å². The first-order valence-corrected chi connectivity index (χ1v) is 4.08. The number of nitro benzene ring substituents is 1. The van der Waals surface area contributed by atoms with Gasteiger partial charge in [0.1, 0.15) is 5.82 Å². The highest BCUT2D eigenvalue weighted by Gasteiger charge is 2.08. The number of carbonyl (C=O) groups excluding carboxylic acids is 1. The summed E-state index contributed by atoms with van der Waals surface area (Å²) >= 11 is 0. The number of nitro groups is 1. The van der Waals surface area contributed by atoms with E-state index < -0.39 is 22.4 Å². The second-order valence-electron chi connectivity index (χ2n) is 2.70. The van der Waals surface area contributed by atoms with Crippen molar-refractivity contribution in [2.24, 2.45) is 0 Å². The number of hydrogen-bond acceptors (Lipinski definition) is 4. The third kappa shape index (κ3) is 3.06. The Bertz CT molecular complexity index is 501. The number of rotatable bonds is 1. The van der Waals surface area contributed by atoms with Gasteiger partial charge in [0.25, 0.3) is 5.69 Å². The van der Waals surface area contributed by atoms with E-state index in [-0.39, 0.29) is 5.56 Å². The third-order valence-electron chi connectivity index (χ3n) is 1.59.